The molecule has 0 aliphatic heterocycles. The van der Waals surface area contributed by atoms with Gasteiger partial charge < -0.3 is 4.98 Å². The summed E-state index contributed by atoms with van der Waals surface area (Å²) in [4.78, 5) is 6.25. The molecule has 0 atom stereocenters. The zero-order valence-electron chi connectivity index (χ0n) is 9.53. The molecular weight excluding hydrogens is 252 g/mol. The van der Waals surface area contributed by atoms with E-state index in [9.17, 15) is 8.42 Å². The number of anilines is 1. The zero-order chi connectivity index (χ0) is 13.2. The third kappa shape index (κ3) is 2.06. The Morgan fingerprint density at radius 2 is 2.00 bits per heavy atom. The number of rotatable bonds is 3. The molecular formula is C11H10N4O2S. The molecule has 2 rings (SSSR count). The molecule has 0 spiro atoms. The summed E-state index contributed by atoms with van der Waals surface area (Å²) in [5.74, 6) is 0. The van der Waals surface area contributed by atoms with Gasteiger partial charge in [0.2, 0.25) is 0 Å². The summed E-state index contributed by atoms with van der Waals surface area (Å²) in [6.07, 6.45) is 2.55. The Morgan fingerprint density at radius 1 is 1.33 bits per heavy atom. The Morgan fingerprint density at radius 3 is 2.50 bits per heavy atom. The number of aromatic nitrogens is 2. The normalized spacial score (nSPS) is 10.9. The van der Waals surface area contributed by atoms with Crippen LogP contribution in [0.5, 0.6) is 0 Å². The van der Waals surface area contributed by atoms with E-state index >= 15 is 0 Å². The number of sulfonamides is 1. The van der Waals surface area contributed by atoms with Crippen LogP contribution < -0.4 is 4.31 Å². The maximum absolute atomic E-state index is 12.1. The van der Waals surface area contributed by atoms with Crippen molar-refractivity contribution in [1.82, 2.24) is 9.97 Å². The first-order valence-electron chi connectivity index (χ1n) is 5.03. The van der Waals surface area contributed by atoms with Crippen molar-refractivity contribution in [2.24, 2.45) is 0 Å². The van der Waals surface area contributed by atoms with Gasteiger partial charge in [-0.1, -0.05) is 0 Å². The average molecular weight is 262 g/mol. The molecule has 0 unspecified atom stereocenters. The molecule has 1 N–H and O–H groups in total. The summed E-state index contributed by atoms with van der Waals surface area (Å²) in [5.41, 5.74) is 0.953. The summed E-state index contributed by atoms with van der Waals surface area (Å²) in [6, 6.07) is 8.25. The fourth-order valence-electron chi connectivity index (χ4n) is 1.42. The standard InChI is InChI=1S/C11H10N4O2S/c1-15(10-4-2-9(6-12)3-5-10)18(16,17)11-7-13-8-14-11/h2-5,7-8H,1H3,(H,13,14). The maximum atomic E-state index is 12.1. The van der Waals surface area contributed by atoms with Gasteiger partial charge in [0.1, 0.15) is 0 Å². The Hall–Kier alpha value is -2.33. The second-order valence-corrected chi connectivity index (χ2v) is 5.48. The minimum absolute atomic E-state index is 0.0226. The lowest BCUT2D eigenvalue weighted by Crippen LogP contribution is -2.26. The molecule has 92 valence electrons. The van der Waals surface area contributed by atoms with Gasteiger partial charge >= 0.3 is 0 Å². The van der Waals surface area contributed by atoms with E-state index in [2.05, 4.69) is 9.97 Å². The van der Waals surface area contributed by atoms with Crippen LogP contribution in [0.2, 0.25) is 0 Å². The van der Waals surface area contributed by atoms with Crippen molar-refractivity contribution in [3.63, 3.8) is 0 Å². The first kappa shape index (κ1) is 12.1. The molecule has 0 aliphatic rings. The summed E-state index contributed by atoms with van der Waals surface area (Å²) < 4.78 is 25.4. The van der Waals surface area contributed by atoms with Crippen molar-refractivity contribution >= 4 is 15.7 Å². The molecule has 1 aromatic carbocycles. The van der Waals surface area contributed by atoms with Crippen molar-refractivity contribution in [1.29, 1.82) is 5.26 Å². The van der Waals surface area contributed by atoms with E-state index in [4.69, 9.17) is 5.26 Å². The number of nitrogens with one attached hydrogen (secondary N) is 1. The highest BCUT2D eigenvalue weighted by molar-refractivity contribution is 7.92. The van der Waals surface area contributed by atoms with Crippen LogP contribution in [0.1, 0.15) is 5.56 Å². The van der Waals surface area contributed by atoms with E-state index in [1.54, 1.807) is 24.3 Å². The van der Waals surface area contributed by atoms with Gasteiger partial charge in [-0.15, -0.1) is 0 Å². The van der Waals surface area contributed by atoms with Crippen molar-refractivity contribution in [3.8, 4) is 6.07 Å². The first-order valence-corrected chi connectivity index (χ1v) is 6.47. The van der Waals surface area contributed by atoms with Crippen LogP contribution >= 0.6 is 0 Å². The SMILES string of the molecule is CN(c1ccc(C#N)cc1)S(=O)(=O)c1cnc[nH]1. The summed E-state index contributed by atoms with van der Waals surface area (Å²) in [5, 5.41) is 8.70. The number of nitrogens with zero attached hydrogens (tertiary/aromatic N) is 3. The quantitative estimate of drug-likeness (QED) is 0.897. The second-order valence-electron chi connectivity index (χ2n) is 3.55. The Balaban J connectivity index is 2.37. The highest BCUT2D eigenvalue weighted by Gasteiger charge is 2.22. The van der Waals surface area contributed by atoms with Crippen LogP contribution in [0.15, 0.2) is 41.8 Å². The lowest BCUT2D eigenvalue weighted by molar-refractivity contribution is 0.591. The summed E-state index contributed by atoms with van der Waals surface area (Å²) >= 11 is 0. The van der Waals surface area contributed by atoms with Crippen LogP contribution in [0.4, 0.5) is 5.69 Å². The number of aromatic amines is 1. The largest absolute Gasteiger partial charge is 0.334 e. The first-order chi connectivity index (χ1) is 8.55. The molecule has 0 radical (unpaired) electrons. The predicted octanol–water partition coefficient (Wildman–Crippen LogP) is 1.11. The van der Waals surface area contributed by atoms with Gasteiger partial charge in [-0.2, -0.15) is 13.7 Å². The van der Waals surface area contributed by atoms with E-state index in [0.717, 1.165) is 4.31 Å². The summed E-state index contributed by atoms with van der Waals surface area (Å²) in [7, 11) is -2.19. The highest BCUT2D eigenvalue weighted by Crippen LogP contribution is 2.20. The van der Waals surface area contributed by atoms with Gasteiger partial charge in [0.15, 0.2) is 5.03 Å². The molecule has 7 heteroatoms. The van der Waals surface area contributed by atoms with Crippen LogP contribution in [0.3, 0.4) is 0 Å². The summed E-state index contributed by atoms with van der Waals surface area (Å²) in [6.45, 7) is 0. The third-order valence-electron chi connectivity index (χ3n) is 2.47. The molecule has 18 heavy (non-hydrogen) atoms. The lowest BCUT2D eigenvalue weighted by atomic mass is 10.2. The molecule has 0 saturated carbocycles. The molecule has 6 nitrogen and oxygen atoms in total. The molecule has 0 fully saturated rings. The van der Waals surface area contributed by atoms with E-state index in [0.29, 0.717) is 11.3 Å². The van der Waals surface area contributed by atoms with Crippen LogP contribution in [-0.4, -0.2) is 25.4 Å². The number of hydrogen-bond donors (Lipinski definition) is 1. The van der Waals surface area contributed by atoms with E-state index in [-0.39, 0.29) is 5.03 Å². The Kier molecular flexibility index (Phi) is 3.04. The van der Waals surface area contributed by atoms with Crippen LogP contribution in [0, 0.1) is 11.3 Å². The fraction of sp³-hybridized carbons (Fsp3) is 0.0909. The van der Waals surface area contributed by atoms with E-state index in [1.165, 1.54) is 19.6 Å². The number of benzene rings is 1. The van der Waals surface area contributed by atoms with E-state index in [1.807, 2.05) is 6.07 Å². The highest BCUT2D eigenvalue weighted by atomic mass is 32.2. The monoisotopic (exact) mass is 262 g/mol. The number of H-pyrrole nitrogens is 1. The van der Waals surface area contributed by atoms with Crippen LogP contribution in [0.25, 0.3) is 0 Å². The van der Waals surface area contributed by atoms with Gasteiger partial charge in [-0.3, -0.25) is 4.31 Å². The molecule has 1 aromatic heterocycles. The second kappa shape index (κ2) is 4.50. The molecule has 0 bridgehead atoms. The minimum Gasteiger partial charge on any atom is -0.334 e. The van der Waals surface area contributed by atoms with Crippen molar-refractivity contribution in [3.05, 3.63) is 42.4 Å². The lowest BCUT2D eigenvalue weighted by Gasteiger charge is -2.18. The third-order valence-corrected chi connectivity index (χ3v) is 4.18. The molecule has 2 aromatic rings. The smallest absolute Gasteiger partial charge is 0.281 e. The van der Waals surface area contributed by atoms with Crippen LogP contribution in [-0.2, 0) is 10.0 Å². The van der Waals surface area contributed by atoms with E-state index < -0.39 is 10.0 Å². The molecule has 0 aliphatic carbocycles. The predicted molar refractivity (Wildman–Crippen MR) is 65.3 cm³/mol. The Bertz CT molecular complexity index is 669. The minimum atomic E-state index is -3.64. The molecule has 1 heterocycles. The average Bonchev–Trinajstić information content (AvgIpc) is 2.92. The van der Waals surface area contributed by atoms with Gasteiger partial charge in [0.25, 0.3) is 10.0 Å². The number of hydrogen-bond acceptors (Lipinski definition) is 4. The van der Waals surface area contributed by atoms with Crippen molar-refractivity contribution < 1.29 is 8.42 Å². The van der Waals surface area contributed by atoms with Gasteiger partial charge in [-0.05, 0) is 24.3 Å². The maximum Gasteiger partial charge on any atom is 0.281 e. The fourth-order valence-corrected chi connectivity index (χ4v) is 2.51. The van der Waals surface area contributed by atoms with Gasteiger partial charge in [0, 0.05) is 7.05 Å². The van der Waals surface area contributed by atoms with Crippen molar-refractivity contribution in [2.45, 2.75) is 5.03 Å². The number of imidazole rings is 1. The van der Waals surface area contributed by atoms with Crippen molar-refractivity contribution in [2.75, 3.05) is 11.4 Å². The molecule has 0 saturated heterocycles. The van der Waals surface area contributed by atoms with Gasteiger partial charge in [0.05, 0.1) is 29.8 Å². The molecule has 0 amide bonds. The zero-order valence-corrected chi connectivity index (χ0v) is 10.3. The Labute approximate surface area is 105 Å². The number of nitriles is 1. The topological polar surface area (TPSA) is 89.8 Å². The van der Waals surface area contributed by atoms with Gasteiger partial charge in [-0.25, -0.2) is 4.98 Å².